The third kappa shape index (κ3) is 11.1. The number of hydrogen-bond donors (Lipinski definition) is 6. The molecule has 3 unspecified atom stereocenters. The van der Waals surface area contributed by atoms with Gasteiger partial charge in [-0.05, 0) is 25.5 Å². The fourth-order valence-corrected chi connectivity index (χ4v) is 4.23. The van der Waals surface area contributed by atoms with E-state index in [0.717, 1.165) is 11.8 Å². The molecule has 6 N–H and O–H groups in total. The number of rotatable bonds is 15. The minimum atomic E-state index is -3.42. The maximum Gasteiger partial charge on any atom is 0.238 e. The number of aliphatic hydroxyl groups is 2. The van der Waals surface area contributed by atoms with Crippen molar-refractivity contribution in [2.45, 2.75) is 64.1 Å². The van der Waals surface area contributed by atoms with Gasteiger partial charge in [-0.1, -0.05) is 50.6 Å². The van der Waals surface area contributed by atoms with Crippen molar-refractivity contribution in [1.82, 2.24) is 21.3 Å². The van der Waals surface area contributed by atoms with Gasteiger partial charge in [0.2, 0.25) is 11.8 Å². The zero-order valence-corrected chi connectivity index (χ0v) is 20.6. The molecule has 188 valence electrons. The Morgan fingerprint density at radius 3 is 2.21 bits per heavy atom. The van der Waals surface area contributed by atoms with Gasteiger partial charge in [0.25, 0.3) is 0 Å². The van der Waals surface area contributed by atoms with Crippen LogP contribution in [0, 0.1) is 0 Å². The van der Waals surface area contributed by atoms with Gasteiger partial charge in [-0.3, -0.25) is 14.9 Å². The summed E-state index contributed by atoms with van der Waals surface area (Å²) in [6.45, 7) is 5.58. The van der Waals surface area contributed by atoms with Crippen LogP contribution < -0.4 is 21.3 Å². The molecular formula is C22H38N4O6S. The molecule has 0 saturated carbocycles. The number of amides is 2. The third-order valence-electron chi connectivity index (χ3n) is 5.05. The lowest BCUT2D eigenvalue weighted by atomic mass is 10.0. The first-order valence-electron chi connectivity index (χ1n) is 11.1. The van der Waals surface area contributed by atoms with Gasteiger partial charge >= 0.3 is 0 Å². The predicted molar refractivity (Wildman–Crippen MR) is 127 cm³/mol. The number of sulfone groups is 1. The van der Waals surface area contributed by atoms with E-state index in [1.807, 2.05) is 44.2 Å². The average molecular weight is 487 g/mol. The second-order valence-corrected chi connectivity index (χ2v) is 10.3. The number of benzene rings is 1. The van der Waals surface area contributed by atoms with Crippen molar-refractivity contribution in [3.63, 3.8) is 0 Å². The molecule has 0 aliphatic carbocycles. The van der Waals surface area contributed by atoms with Crippen LogP contribution in [0.4, 0.5) is 0 Å². The van der Waals surface area contributed by atoms with Crippen LogP contribution in [-0.2, 0) is 19.4 Å². The van der Waals surface area contributed by atoms with Gasteiger partial charge in [0.05, 0.1) is 24.4 Å². The summed E-state index contributed by atoms with van der Waals surface area (Å²) >= 11 is 0. The monoisotopic (exact) mass is 486 g/mol. The summed E-state index contributed by atoms with van der Waals surface area (Å²) in [4.78, 5) is 24.8. The van der Waals surface area contributed by atoms with E-state index in [1.54, 1.807) is 6.92 Å². The van der Waals surface area contributed by atoms with Crippen molar-refractivity contribution in [2.75, 3.05) is 25.1 Å². The number of likely N-dealkylation sites (N-methyl/N-ethyl adjacent to an activating group) is 1. The van der Waals surface area contributed by atoms with Crippen LogP contribution in [0.2, 0.25) is 0 Å². The highest BCUT2D eigenvalue weighted by Gasteiger charge is 2.30. The van der Waals surface area contributed by atoms with Crippen molar-refractivity contribution in [2.24, 2.45) is 0 Å². The molecule has 1 aromatic rings. The molecule has 0 aliphatic heterocycles. The lowest BCUT2D eigenvalue weighted by molar-refractivity contribution is -0.126. The standard InChI is InChI=1S/C22H38N4O6S/c1-5-10-17(26-21(29)18(23-6-2)14-33(4,31)32)20(28)22(30)24-13-19(27)25-15(3)16-11-8-7-9-12-16/h7-9,11-12,15,17-18,20,22-24,28,30H,5-6,10,13-14H2,1-4H3,(H,25,27)(H,26,29)/t15-,17?,18?,20?,22+/m1/s1. The van der Waals surface area contributed by atoms with Gasteiger partial charge in [-0.15, -0.1) is 0 Å². The highest BCUT2D eigenvalue weighted by molar-refractivity contribution is 7.90. The smallest absolute Gasteiger partial charge is 0.238 e. The normalized spacial score (nSPS) is 16.3. The van der Waals surface area contributed by atoms with E-state index < -0.39 is 40.2 Å². The second kappa shape index (κ2) is 14.3. The van der Waals surface area contributed by atoms with Crippen molar-refractivity contribution in [1.29, 1.82) is 0 Å². The van der Waals surface area contributed by atoms with Crippen molar-refractivity contribution in [3.05, 3.63) is 35.9 Å². The maximum absolute atomic E-state index is 12.6. The zero-order valence-electron chi connectivity index (χ0n) is 19.7. The summed E-state index contributed by atoms with van der Waals surface area (Å²) in [5.41, 5.74) is 0.932. The van der Waals surface area contributed by atoms with Gasteiger partial charge in [-0.25, -0.2) is 8.42 Å². The summed E-state index contributed by atoms with van der Waals surface area (Å²) in [5, 5.41) is 31.8. The van der Waals surface area contributed by atoms with Crippen LogP contribution in [0.3, 0.4) is 0 Å². The summed E-state index contributed by atoms with van der Waals surface area (Å²) in [5.74, 6) is -1.34. The Morgan fingerprint density at radius 1 is 1.03 bits per heavy atom. The molecule has 0 aliphatic rings. The SMILES string of the molecule is CCCC(NC(=O)C(CS(C)(=O)=O)NCC)C(O)[C@H](O)NCC(=O)N[C@H](C)c1ccccc1. The Bertz CT molecular complexity index is 837. The van der Waals surface area contributed by atoms with Gasteiger partial charge in [0, 0.05) is 6.26 Å². The van der Waals surface area contributed by atoms with Crippen LogP contribution in [0.5, 0.6) is 0 Å². The Balaban J connectivity index is 2.67. The van der Waals surface area contributed by atoms with Gasteiger partial charge in [0.15, 0.2) is 0 Å². The largest absolute Gasteiger partial charge is 0.387 e. The zero-order chi connectivity index (χ0) is 25.0. The van der Waals surface area contributed by atoms with Crippen molar-refractivity contribution >= 4 is 21.7 Å². The maximum atomic E-state index is 12.6. The quantitative estimate of drug-likeness (QED) is 0.180. The summed E-state index contributed by atoms with van der Waals surface area (Å²) in [6, 6.07) is 7.35. The lowest BCUT2D eigenvalue weighted by Gasteiger charge is -2.29. The molecular weight excluding hydrogens is 448 g/mol. The Labute approximate surface area is 196 Å². The number of carbonyl (C=O) groups excluding carboxylic acids is 2. The first-order valence-corrected chi connectivity index (χ1v) is 13.2. The van der Waals surface area contributed by atoms with Gasteiger partial charge < -0.3 is 26.2 Å². The van der Waals surface area contributed by atoms with E-state index >= 15 is 0 Å². The topological polar surface area (TPSA) is 157 Å². The van der Waals surface area contributed by atoms with E-state index in [4.69, 9.17) is 0 Å². The molecule has 2 amide bonds. The Hall–Kier alpha value is -2.05. The minimum absolute atomic E-state index is 0.229. The molecule has 10 nitrogen and oxygen atoms in total. The highest BCUT2D eigenvalue weighted by atomic mass is 32.2. The Kier molecular flexibility index (Phi) is 12.5. The summed E-state index contributed by atoms with van der Waals surface area (Å²) in [6.07, 6.45) is -0.899. The van der Waals surface area contributed by atoms with E-state index in [-0.39, 0.29) is 24.2 Å². The average Bonchev–Trinajstić information content (AvgIpc) is 2.76. The molecule has 33 heavy (non-hydrogen) atoms. The molecule has 11 heteroatoms. The summed E-state index contributed by atoms with van der Waals surface area (Å²) < 4.78 is 23.3. The molecule has 1 aromatic carbocycles. The predicted octanol–water partition coefficient (Wildman–Crippen LogP) is -0.560. The molecule has 0 aromatic heterocycles. The number of carbonyl (C=O) groups is 2. The fraction of sp³-hybridized carbons (Fsp3) is 0.636. The van der Waals surface area contributed by atoms with Crippen molar-refractivity contribution in [3.8, 4) is 0 Å². The minimum Gasteiger partial charge on any atom is -0.387 e. The van der Waals surface area contributed by atoms with E-state index in [1.165, 1.54) is 0 Å². The Morgan fingerprint density at radius 2 is 1.67 bits per heavy atom. The number of hydrogen-bond acceptors (Lipinski definition) is 8. The lowest BCUT2D eigenvalue weighted by Crippen LogP contribution is -2.58. The fourth-order valence-electron chi connectivity index (χ4n) is 3.35. The van der Waals surface area contributed by atoms with Crippen LogP contribution in [0.1, 0.15) is 45.2 Å². The van der Waals surface area contributed by atoms with Crippen LogP contribution in [0.15, 0.2) is 30.3 Å². The van der Waals surface area contributed by atoms with Crippen LogP contribution in [-0.4, -0.2) is 80.0 Å². The van der Waals surface area contributed by atoms with Crippen LogP contribution in [0.25, 0.3) is 0 Å². The first-order chi connectivity index (χ1) is 15.5. The third-order valence-corrected chi connectivity index (χ3v) is 5.99. The molecule has 0 spiro atoms. The van der Waals surface area contributed by atoms with Gasteiger partial charge in [-0.2, -0.15) is 0 Å². The van der Waals surface area contributed by atoms with Crippen LogP contribution >= 0.6 is 0 Å². The summed E-state index contributed by atoms with van der Waals surface area (Å²) in [7, 11) is -3.42. The first kappa shape index (κ1) is 29.0. The molecule has 0 bridgehead atoms. The number of aliphatic hydroxyl groups excluding tert-OH is 2. The molecule has 0 fully saturated rings. The van der Waals surface area contributed by atoms with E-state index in [9.17, 15) is 28.2 Å². The molecule has 5 atom stereocenters. The molecule has 0 saturated heterocycles. The second-order valence-electron chi connectivity index (χ2n) is 8.12. The van der Waals surface area contributed by atoms with E-state index in [2.05, 4.69) is 21.3 Å². The molecule has 0 heterocycles. The van der Waals surface area contributed by atoms with E-state index in [0.29, 0.717) is 19.4 Å². The number of nitrogens with one attached hydrogen (secondary N) is 4. The van der Waals surface area contributed by atoms with Gasteiger partial charge in [0.1, 0.15) is 28.2 Å². The highest BCUT2D eigenvalue weighted by Crippen LogP contribution is 2.11. The molecule has 1 rings (SSSR count). The van der Waals surface area contributed by atoms with Crippen molar-refractivity contribution < 1.29 is 28.2 Å². The molecule has 0 radical (unpaired) electrons.